The highest BCUT2D eigenvalue weighted by Gasteiger charge is 2.34. The van der Waals surface area contributed by atoms with Crippen LogP contribution in [0.1, 0.15) is 29.0 Å². The molecule has 2 fully saturated rings. The van der Waals surface area contributed by atoms with E-state index in [2.05, 4.69) is 25.2 Å². The maximum Gasteiger partial charge on any atom is 0.291 e. The predicted octanol–water partition coefficient (Wildman–Crippen LogP) is 2.62. The number of carbonyl (C=O) groups excluding carboxylic acids is 2. The normalized spacial score (nSPS) is 21.7. The van der Waals surface area contributed by atoms with Crippen molar-refractivity contribution in [3.05, 3.63) is 66.0 Å². The lowest BCUT2D eigenvalue weighted by Crippen LogP contribution is -2.50. The monoisotopic (exact) mass is 535 g/mol. The summed E-state index contributed by atoms with van der Waals surface area (Å²) in [5, 5.41) is 7.07. The zero-order valence-electron chi connectivity index (χ0n) is 21.2. The van der Waals surface area contributed by atoms with Crippen molar-refractivity contribution in [3.8, 4) is 0 Å². The maximum atomic E-state index is 15.3. The number of nitrogens with one attached hydrogen (secondary N) is 1. The van der Waals surface area contributed by atoms with Crippen LogP contribution < -0.4 is 15.1 Å². The molecule has 2 amide bonds. The van der Waals surface area contributed by atoms with E-state index in [9.17, 15) is 9.59 Å². The Morgan fingerprint density at radius 2 is 2.00 bits per heavy atom. The number of piperazine rings is 1. The fourth-order valence-corrected chi connectivity index (χ4v) is 6.64. The van der Waals surface area contributed by atoms with Crippen molar-refractivity contribution in [1.29, 1.82) is 0 Å². The van der Waals surface area contributed by atoms with Gasteiger partial charge in [-0.05, 0) is 31.0 Å². The van der Waals surface area contributed by atoms with Crippen molar-refractivity contribution >= 4 is 35.0 Å². The van der Waals surface area contributed by atoms with Gasteiger partial charge in [-0.1, -0.05) is 30.3 Å². The Kier molecular flexibility index (Phi) is 6.79. The van der Waals surface area contributed by atoms with E-state index in [1.165, 1.54) is 35.5 Å². The van der Waals surface area contributed by atoms with E-state index in [1.807, 2.05) is 36.4 Å². The summed E-state index contributed by atoms with van der Waals surface area (Å²) in [6.07, 6.45) is 3.85. The highest BCUT2D eigenvalue weighted by molar-refractivity contribution is 7.99. The molecule has 0 saturated carbocycles. The van der Waals surface area contributed by atoms with Crippen molar-refractivity contribution in [2.45, 2.75) is 36.4 Å². The van der Waals surface area contributed by atoms with Gasteiger partial charge < -0.3 is 15.1 Å². The van der Waals surface area contributed by atoms with Gasteiger partial charge >= 0.3 is 0 Å². The SMILES string of the molecule is CN1C(=O)[C@@H](NC(=O)c2ncn(Cc3ccccc3)n2)CSc2cc(N3CCN4CCC[C@H]4C3)c(F)cc21. The second kappa shape index (κ2) is 10.4. The van der Waals surface area contributed by atoms with Gasteiger partial charge in [-0.2, -0.15) is 0 Å². The number of halogens is 1. The van der Waals surface area contributed by atoms with Gasteiger partial charge in [-0.15, -0.1) is 16.9 Å². The number of thioether (sulfide) groups is 1. The molecule has 0 aliphatic carbocycles. The van der Waals surface area contributed by atoms with Crippen LogP contribution in [-0.2, 0) is 11.3 Å². The van der Waals surface area contributed by atoms with E-state index in [0.29, 0.717) is 29.7 Å². The smallest absolute Gasteiger partial charge is 0.291 e. The van der Waals surface area contributed by atoms with E-state index < -0.39 is 11.9 Å². The first-order valence-corrected chi connectivity index (χ1v) is 13.9. The lowest BCUT2D eigenvalue weighted by atomic mass is 10.1. The summed E-state index contributed by atoms with van der Waals surface area (Å²) < 4.78 is 16.9. The summed E-state index contributed by atoms with van der Waals surface area (Å²) in [6, 6.07) is 12.8. The minimum Gasteiger partial charge on any atom is -0.366 e. The van der Waals surface area contributed by atoms with Crippen LogP contribution in [0.2, 0.25) is 0 Å². The summed E-state index contributed by atoms with van der Waals surface area (Å²) in [4.78, 5) is 37.2. The number of nitrogens with zero attached hydrogens (tertiary/aromatic N) is 6. The highest BCUT2D eigenvalue weighted by Crippen LogP contribution is 2.39. The van der Waals surface area contributed by atoms with E-state index >= 15 is 4.39 Å². The lowest BCUT2D eigenvalue weighted by molar-refractivity contribution is -0.119. The van der Waals surface area contributed by atoms with Crippen LogP contribution >= 0.6 is 11.8 Å². The summed E-state index contributed by atoms with van der Waals surface area (Å²) >= 11 is 1.45. The number of aromatic nitrogens is 3. The summed E-state index contributed by atoms with van der Waals surface area (Å²) in [5.74, 6) is -0.821. The van der Waals surface area contributed by atoms with Crippen LogP contribution in [0.4, 0.5) is 15.8 Å². The summed E-state index contributed by atoms with van der Waals surface area (Å²) in [5.41, 5.74) is 2.14. The molecule has 198 valence electrons. The first kappa shape index (κ1) is 24.9. The number of hydrogen-bond donors (Lipinski definition) is 1. The minimum atomic E-state index is -0.792. The quantitative estimate of drug-likeness (QED) is 0.538. The minimum absolute atomic E-state index is 0.00234. The Balaban J connectivity index is 1.15. The molecule has 2 saturated heterocycles. The third-order valence-corrected chi connectivity index (χ3v) is 8.72. The fourth-order valence-electron chi connectivity index (χ4n) is 5.53. The zero-order chi connectivity index (χ0) is 26.2. The Bertz CT molecular complexity index is 1350. The van der Waals surface area contributed by atoms with Gasteiger partial charge in [0.15, 0.2) is 0 Å². The van der Waals surface area contributed by atoms with Crippen LogP contribution in [0.5, 0.6) is 0 Å². The molecule has 3 aliphatic rings. The number of anilines is 2. The van der Waals surface area contributed by atoms with Crippen LogP contribution in [0.15, 0.2) is 53.7 Å². The first-order valence-electron chi connectivity index (χ1n) is 12.9. The molecule has 11 heteroatoms. The topological polar surface area (TPSA) is 86.6 Å². The van der Waals surface area contributed by atoms with Crippen LogP contribution in [-0.4, -0.2) is 82.5 Å². The molecule has 2 aromatic carbocycles. The van der Waals surface area contributed by atoms with Crippen molar-refractivity contribution in [2.75, 3.05) is 48.8 Å². The van der Waals surface area contributed by atoms with E-state index in [4.69, 9.17) is 0 Å². The summed E-state index contributed by atoms with van der Waals surface area (Å²) in [6.45, 7) is 4.16. The van der Waals surface area contributed by atoms with Crippen molar-refractivity contribution < 1.29 is 14.0 Å². The Morgan fingerprint density at radius 3 is 2.84 bits per heavy atom. The molecule has 0 spiro atoms. The van der Waals surface area contributed by atoms with Crippen LogP contribution in [0.3, 0.4) is 0 Å². The number of amides is 2. The average Bonchev–Trinajstić information content (AvgIpc) is 3.58. The molecule has 1 aromatic heterocycles. The maximum absolute atomic E-state index is 15.3. The van der Waals surface area contributed by atoms with Crippen LogP contribution in [0.25, 0.3) is 0 Å². The number of hydrogen-bond acceptors (Lipinski definition) is 7. The standard InChI is InChI=1S/C27H30FN7O2S/c1-32-23-12-20(28)22(34-11-10-33-9-5-8-19(33)15-34)13-24(23)38-16-21(27(32)37)30-26(36)25-29-17-35(31-25)14-18-6-3-2-4-7-18/h2-4,6-7,12-13,17,19,21H,5,8-11,14-16H2,1H3,(H,30,36)/t19-,21-/m0/s1. The zero-order valence-corrected chi connectivity index (χ0v) is 22.0. The van der Waals surface area contributed by atoms with Gasteiger partial charge in [0.05, 0.1) is 17.9 Å². The largest absolute Gasteiger partial charge is 0.366 e. The van der Waals surface area contributed by atoms with Crippen LogP contribution in [0, 0.1) is 5.82 Å². The molecule has 4 heterocycles. The number of fused-ring (bicyclic) bond motifs is 2. The summed E-state index contributed by atoms with van der Waals surface area (Å²) in [7, 11) is 1.62. The second-order valence-electron chi connectivity index (χ2n) is 10.0. The highest BCUT2D eigenvalue weighted by atomic mass is 32.2. The van der Waals surface area contributed by atoms with Gasteiger partial charge in [0.2, 0.25) is 11.7 Å². The van der Waals surface area contributed by atoms with E-state index in [0.717, 1.165) is 43.1 Å². The molecule has 2 atom stereocenters. The Labute approximate surface area is 225 Å². The first-order chi connectivity index (χ1) is 18.5. The molecule has 0 bridgehead atoms. The number of benzene rings is 2. The molecule has 0 unspecified atom stereocenters. The lowest BCUT2D eigenvalue weighted by Gasteiger charge is -2.39. The molecule has 0 radical (unpaired) electrons. The molecule has 3 aromatic rings. The number of likely N-dealkylation sites (N-methyl/N-ethyl adjacent to an activating group) is 1. The molecule has 6 rings (SSSR count). The van der Waals surface area contributed by atoms with Crippen molar-refractivity contribution in [3.63, 3.8) is 0 Å². The number of rotatable bonds is 5. The Hall–Kier alpha value is -3.44. The van der Waals surface area contributed by atoms with Gasteiger partial charge in [0.25, 0.3) is 5.91 Å². The molecular formula is C27H30FN7O2S. The molecule has 1 N–H and O–H groups in total. The third-order valence-electron chi connectivity index (χ3n) is 7.58. The van der Waals surface area contributed by atoms with Gasteiger partial charge in [-0.25, -0.2) is 14.1 Å². The van der Waals surface area contributed by atoms with Gasteiger partial charge in [0.1, 0.15) is 18.2 Å². The molecular weight excluding hydrogens is 505 g/mol. The van der Waals surface area contributed by atoms with Gasteiger partial charge in [0, 0.05) is 49.4 Å². The number of carbonyl (C=O) groups is 2. The van der Waals surface area contributed by atoms with Gasteiger partial charge in [-0.3, -0.25) is 14.5 Å². The molecule has 9 nitrogen and oxygen atoms in total. The van der Waals surface area contributed by atoms with Crippen molar-refractivity contribution in [2.24, 2.45) is 0 Å². The Morgan fingerprint density at radius 1 is 1.16 bits per heavy atom. The van der Waals surface area contributed by atoms with E-state index in [1.54, 1.807) is 11.7 Å². The second-order valence-corrected chi connectivity index (χ2v) is 11.1. The van der Waals surface area contributed by atoms with E-state index in [-0.39, 0.29) is 17.5 Å². The predicted molar refractivity (Wildman–Crippen MR) is 144 cm³/mol. The fraction of sp³-hybridized carbons (Fsp3) is 0.407. The third kappa shape index (κ3) is 4.88. The van der Waals surface area contributed by atoms with Crippen molar-refractivity contribution in [1.82, 2.24) is 25.0 Å². The molecule has 38 heavy (non-hydrogen) atoms. The average molecular weight is 536 g/mol. The molecule has 3 aliphatic heterocycles.